The summed E-state index contributed by atoms with van der Waals surface area (Å²) < 4.78 is 12.9. The zero-order valence-electron chi connectivity index (χ0n) is 30.7. The second-order valence-electron chi connectivity index (χ2n) is 14.2. The van der Waals surface area contributed by atoms with Gasteiger partial charge < -0.3 is 13.7 Å². The van der Waals surface area contributed by atoms with Crippen molar-refractivity contribution >= 4 is 60.9 Å². The fraction of sp³-hybridized carbons (Fsp3) is 0. The van der Waals surface area contributed by atoms with Gasteiger partial charge in [0.1, 0.15) is 22.3 Å². The minimum absolute atomic E-state index is 0.640. The van der Waals surface area contributed by atoms with Gasteiger partial charge in [-0.1, -0.05) is 127 Å². The molecule has 0 amide bonds. The Morgan fingerprint density at radius 1 is 0.333 bits per heavy atom. The van der Waals surface area contributed by atoms with E-state index in [1.54, 1.807) is 0 Å². The Morgan fingerprint density at radius 3 is 1.54 bits per heavy atom. The number of anilines is 3. The molecule has 268 valence electrons. The van der Waals surface area contributed by atoms with Gasteiger partial charge >= 0.3 is 0 Å². The van der Waals surface area contributed by atoms with Gasteiger partial charge in [0.05, 0.1) is 11.4 Å². The third-order valence-electron chi connectivity index (χ3n) is 10.7. The van der Waals surface area contributed by atoms with Crippen molar-refractivity contribution in [2.24, 2.45) is 0 Å². The zero-order chi connectivity index (χ0) is 37.7. The zero-order valence-corrected chi connectivity index (χ0v) is 30.7. The van der Waals surface area contributed by atoms with Gasteiger partial charge in [0.15, 0.2) is 5.82 Å². The topological polar surface area (TPSA) is 55.3 Å². The van der Waals surface area contributed by atoms with Crippen molar-refractivity contribution in [2.75, 3.05) is 4.90 Å². The van der Waals surface area contributed by atoms with Gasteiger partial charge in [-0.25, -0.2) is 9.97 Å². The number of para-hydroxylation sites is 3. The van der Waals surface area contributed by atoms with Crippen molar-refractivity contribution in [3.8, 4) is 45.0 Å². The maximum atomic E-state index is 6.57. The highest BCUT2D eigenvalue weighted by Gasteiger charge is 2.20. The maximum absolute atomic E-state index is 6.57. The van der Waals surface area contributed by atoms with E-state index < -0.39 is 0 Å². The molecule has 0 aliphatic rings. The number of rotatable bonds is 7. The quantitative estimate of drug-likeness (QED) is 0.163. The molecule has 0 fully saturated rings. The first-order valence-electron chi connectivity index (χ1n) is 19.1. The van der Waals surface area contributed by atoms with Crippen LogP contribution >= 0.6 is 0 Å². The van der Waals surface area contributed by atoms with E-state index in [1.807, 2.05) is 66.7 Å². The summed E-state index contributed by atoms with van der Waals surface area (Å²) in [4.78, 5) is 12.7. The van der Waals surface area contributed by atoms with Crippen molar-refractivity contribution in [1.82, 2.24) is 9.97 Å². The van der Waals surface area contributed by atoms with Crippen LogP contribution < -0.4 is 4.90 Å². The highest BCUT2D eigenvalue weighted by molar-refractivity contribution is 6.13. The van der Waals surface area contributed by atoms with Crippen LogP contribution in [0.2, 0.25) is 0 Å². The van der Waals surface area contributed by atoms with E-state index in [0.29, 0.717) is 5.82 Å². The van der Waals surface area contributed by atoms with E-state index in [0.717, 1.165) is 100 Å². The SMILES string of the molecule is c1ccc(-c2cc(-c3ccccc3)nc(-c3cc(-c4ccc(N(c5ccccc5)c5ccc6c(c5)oc5ccccc56)cc4)cc4oc5ccccc5c34)n2)cc1. The van der Waals surface area contributed by atoms with Crippen molar-refractivity contribution in [3.05, 3.63) is 200 Å². The van der Waals surface area contributed by atoms with Crippen LogP contribution in [-0.2, 0) is 0 Å². The lowest BCUT2D eigenvalue weighted by Gasteiger charge is -2.25. The van der Waals surface area contributed by atoms with Crippen LogP contribution in [0.3, 0.4) is 0 Å². The molecule has 3 aromatic heterocycles. The van der Waals surface area contributed by atoms with Crippen LogP contribution in [0.1, 0.15) is 0 Å². The molecule has 0 unspecified atom stereocenters. The standard InChI is InChI=1S/C52H33N3O2/c1-4-14-35(15-5-1)45-33-46(36-16-6-2-7-17-36)54-52(53-45)44-30-37(31-50-51(44)43-21-11-13-23-48(43)57-50)34-24-26-39(27-25-34)55(38-18-8-3-9-19-38)40-28-29-42-41-20-10-12-22-47(41)56-49(42)32-40/h1-33H. The molecule has 3 heterocycles. The molecule has 0 aliphatic heterocycles. The first-order valence-corrected chi connectivity index (χ1v) is 19.1. The number of nitrogens with zero attached hydrogens (tertiary/aromatic N) is 3. The summed E-state index contributed by atoms with van der Waals surface area (Å²) in [6.45, 7) is 0. The van der Waals surface area contributed by atoms with Crippen LogP contribution in [-0.4, -0.2) is 9.97 Å². The Kier molecular flexibility index (Phi) is 7.74. The van der Waals surface area contributed by atoms with Crippen LogP contribution in [0.4, 0.5) is 17.1 Å². The van der Waals surface area contributed by atoms with E-state index in [2.05, 4.69) is 138 Å². The third kappa shape index (κ3) is 5.81. The Bertz CT molecular complexity index is 3170. The number of fused-ring (bicyclic) bond motifs is 6. The molecule has 11 rings (SSSR count). The lowest BCUT2D eigenvalue weighted by atomic mass is 9.97. The summed E-state index contributed by atoms with van der Waals surface area (Å²) in [5, 5.41) is 4.23. The number of furan rings is 2. The molecule has 0 aliphatic carbocycles. The molecule has 5 heteroatoms. The van der Waals surface area contributed by atoms with Gasteiger partial charge in [0, 0.05) is 61.4 Å². The molecule has 5 nitrogen and oxygen atoms in total. The summed E-state index contributed by atoms with van der Waals surface area (Å²) in [5.41, 5.74) is 13.2. The minimum Gasteiger partial charge on any atom is -0.456 e. The number of hydrogen-bond acceptors (Lipinski definition) is 5. The van der Waals surface area contributed by atoms with Crippen LogP contribution in [0, 0.1) is 0 Å². The summed E-state index contributed by atoms with van der Waals surface area (Å²) in [7, 11) is 0. The summed E-state index contributed by atoms with van der Waals surface area (Å²) in [5.74, 6) is 0.640. The van der Waals surface area contributed by atoms with Gasteiger partial charge in [-0.3, -0.25) is 0 Å². The Morgan fingerprint density at radius 2 is 0.860 bits per heavy atom. The first-order chi connectivity index (χ1) is 28.2. The van der Waals surface area contributed by atoms with E-state index in [9.17, 15) is 0 Å². The van der Waals surface area contributed by atoms with Gasteiger partial charge in [-0.05, 0) is 77.9 Å². The van der Waals surface area contributed by atoms with Crippen molar-refractivity contribution in [1.29, 1.82) is 0 Å². The lowest BCUT2D eigenvalue weighted by Crippen LogP contribution is -2.09. The Hall–Kier alpha value is -7.76. The van der Waals surface area contributed by atoms with Crippen LogP contribution in [0.15, 0.2) is 209 Å². The minimum atomic E-state index is 0.640. The molecule has 0 saturated heterocycles. The Labute approximate surface area is 328 Å². The second-order valence-corrected chi connectivity index (χ2v) is 14.2. The second kappa shape index (κ2) is 13.5. The normalized spacial score (nSPS) is 11.5. The van der Waals surface area contributed by atoms with E-state index >= 15 is 0 Å². The van der Waals surface area contributed by atoms with Crippen molar-refractivity contribution in [3.63, 3.8) is 0 Å². The fourth-order valence-corrected chi connectivity index (χ4v) is 7.96. The largest absolute Gasteiger partial charge is 0.456 e. The molecular weight excluding hydrogens is 699 g/mol. The van der Waals surface area contributed by atoms with Gasteiger partial charge in [0.2, 0.25) is 0 Å². The summed E-state index contributed by atoms with van der Waals surface area (Å²) in [6.07, 6.45) is 0. The predicted octanol–water partition coefficient (Wildman–Crippen LogP) is 14.4. The van der Waals surface area contributed by atoms with Crippen LogP contribution in [0.25, 0.3) is 88.9 Å². The number of aromatic nitrogens is 2. The predicted molar refractivity (Wildman–Crippen MR) is 233 cm³/mol. The third-order valence-corrected chi connectivity index (χ3v) is 10.7. The first kappa shape index (κ1) is 32.7. The van der Waals surface area contributed by atoms with E-state index in [4.69, 9.17) is 18.8 Å². The molecule has 0 atom stereocenters. The summed E-state index contributed by atoms with van der Waals surface area (Å²) >= 11 is 0. The van der Waals surface area contributed by atoms with Gasteiger partial charge in [0.25, 0.3) is 0 Å². The van der Waals surface area contributed by atoms with Crippen LogP contribution in [0.5, 0.6) is 0 Å². The van der Waals surface area contributed by atoms with Crippen molar-refractivity contribution < 1.29 is 8.83 Å². The average molecular weight is 732 g/mol. The average Bonchev–Trinajstić information content (AvgIpc) is 3.85. The highest BCUT2D eigenvalue weighted by atomic mass is 16.3. The van der Waals surface area contributed by atoms with Gasteiger partial charge in [-0.2, -0.15) is 0 Å². The molecule has 0 radical (unpaired) electrons. The Balaban J connectivity index is 1.06. The summed E-state index contributed by atoms with van der Waals surface area (Å²) in [6, 6.07) is 69.0. The number of hydrogen-bond donors (Lipinski definition) is 0. The lowest BCUT2D eigenvalue weighted by molar-refractivity contribution is 0.668. The van der Waals surface area contributed by atoms with E-state index in [1.165, 1.54) is 0 Å². The molecular formula is C52H33N3O2. The molecule has 57 heavy (non-hydrogen) atoms. The molecule has 0 bridgehead atoms. The smallest absolute Gasteiger partial charge is 0.161 e. The van der Waals surface area contributed by atoms with E-state index in [-0.39, 0.29) is 0 Å². The molecule has 0 N–H and O–H groups in total. The molecule has 11 aromatic rings. The maximum Gasteiger partial charge on any atom is 0.161 e. The highest BCUT2D eigenvalue weighted by Crippen LogP contribution is 2.42. The molecule has 0 spiro atoms. The van der Waals surface area contributed by atoms with Crippen molar-refractivity contribution in [2.45, 2.75) is 0 Å². The fourth-order valence-electron chi connectivity index (χ4n) is 7.96. The van der Waals surface area contributed by atoms with Gasteiger partial charge in [-0.15, -0.1) is 0 Å². The number of benzene rings is 8. The molecule has 8 aromatic carbocycles. The monoisotopic (exact) mass is 731 g/mol. The molecule has 0 saturated carbocycles.